The van der Waals surface area contributed by atoms with Crippen LogP contribution in [0.1, 0.15) is 5.56 Å². The fourth-order valence-electron chi connectivity index (χ4n) is 2.93. The minimum Gasteiger partial charge on any atom is -0.484 e. The summed E-state index contributed by atoms with van der Waals surface area (Å²) in [7, 11) is 0. The van der Waals surface area contributed by atoms with E-state index < -0.39 is 0 Å². The van der Waals surface area contributed by atoms with E-state index in [0.29, 0.717) is 43.8 Å². The van der Waals surface area contributed by atoms with Gasteiger partial charge in [0.15, 0.2) is 6.61 Å². The average Bonchev–Trinajstić information content (AvgIpc) is 3.24. The highest BCUT2D eigenvalue weighted by atomic mass is 16.5. The van der Waals surface area contributed by atoms with E-state index in [1.54, 1.807) is 17.0 Å². The minimum absolute atomic E-state index is 0.0120. The number of hydrogen-bond acceptors (Lipinski definition) is 6. The van der Waals surface area contributed by atoms with Crippen LogP contribution in [-0.2, 0) is 9.53 Å². The molecule has 0 unspecified atom stereocenters. The number of amides is 1. The Hall–Kier alpha value is -3.19. The Morgan fingerprint density at radius 2 is 1.89 bits per heavy atom. The molecule has 0 atom stereocenters. The van der Waals surface area contributed by atoms with Crippen LogP contribution in [0, 0.1) is 6.92 Å². The molecule has 1 amide bonds. The van der Waals surface area contributed by atoms with Gasteiger partial charge in [0.05, 0.1) is 13.2 Å². The number of carbonyl (C=O) groups is 1. The van der Waals surface area contributed by atoms with Gasteiger partial charge in [-0.25, -0.2) is 0 Å². The molecule has 0 bridgehead atoms. The molecule has 28 heavy (non-hydrogen) atoms. The quantitative estimate of drug-likeness (QED) is 0.678. The highest BCUT2D eigenvalue weighted by Gasteiger charge is 2.17. The van der Waals surface area contributed by atoms with Gasteiger partial charge in [0.1, 0.15) is 5.75 Å². The van der Waals surface area contributed by atoms with Crippen molar-refractivity contribution in [1.82, 2.24) is 15.0 Å². The van der Waals surface area contributed by atoms with Gasteiger partial charge < -0.3 is 18.9 Å². The number of morpholine rings is 1. The van der Waals surface area contributed by atoms with Gasteiger partial charge in [0, 0.05) is 24.2 Å². The third-order valence-corrected chi connectivity index (χ3v) is 4.54. The number of aromatic nitrogens is 2. The molecule has 0 saturated carbocycles. The van der Waals surface area contributed by atoms with Gasteiger partial charge >= 0.3 is 0 Å². The first-order valence-corrected chi connectivity index (χ1v) is 9.18. The molecule has 2 heterocycles. The van der Waals surface area contributed by atoms with Crippen LogP contribution in [0.3, 0.4) is 0 Å². The molecular formula is C21H21N3O4. The van der Waals surface area contributed by atoms with Crippen LogP contribution < -0.4 is 4.74 Å². The number of carbonyl (C=O) groups excluding carboxylic acids is 1. The van der Waals surface area contributed by atoms with Crippen molar-refractivity contribution in [3.63, 3.8) is 0 Å². The Bertz CT molecular complexity index is 946. The van der Waals surface area contributed by atoms with Crippen molar-refractivity contribution in [2.24, 2.45) is 0 Å². The number of nitrogens with zero attached hydrogens (tertiary/aromatic N) is 3. The Kier molecular flexibility index (Phi) is 5.34. The number of hydrogen-bond donors (Lipinski definition) is 0. The third kappa shape index (κ3) is 4.20. The molecule has 1 aliphatic heterocycles. The van der Waals surface area contributed by atoms with Crippen molar-refractivity contribution in [2.45, 2.75) is 6.92 Å². The smallest absolute Gasteiger partial charge is 0.260 e. The molecule has 3 aromatic rings. The van der Waals surface area contributed by atoms with Crippen LogP contribution in [0.2, 0.25) is 0 Å². The molecule has 144 valence electrons. The Labute approximate surface area is 162 Å². The summed E-state index contributed by atoms with van der Waals surface area (Å²) in [4.78, 5) is 18.4. The summed E-state index contributed by atoms with van der Waals surface area (Å²) < 4.78 is 16.3. The number of ether oxygens (including phenoxy) is 2. The van der Waals surface area contributed by atoms with Crippen molar-refractivity contribution >= 4 is 5.91 Å². The normalized spacial score (nSPS) is 14.1. The van der Waals surface area contributed by atoms with Crippen molar-refractivity contribution < 1.29 is 18.8 Å². The van der Waals surface area contributed by atoms with Crippen molar-refractivity contribution in [2.75, 3.05) is 32.9 Å². The van der Waals surface area contributed by atoms with Gasteiger partial charge in [0.2, 0.25) is 5.82 Å². The monoisotopic (exact) mass is 379 g/mol. The molecular weight excluding hydrogens is 358 g/mol. The highest BCUT2D eigenvalue weighted by molar-refractivity contribution is 5.78. The third-order valence-electron chi connectivity index (χ3n) is 4.54. The summed E-state index contributed by atoms with van der Waals surface area (Å²) in [5.41, 5.74) is 2.80. The zero-order chi connectivity index (χ0) is 19.3. The van der Waals surface area contributed by atoms with Gasteiger partial charge in [-0.2, -0.15) is 4.98 Å². The van der Waals surface area contributed by atoms with Gasteiger partial charge in [0.25, 0.3) is 11.8 Å². The van der Waals surface area contributed by atoms with Crippen LogP contribution in [-0.4, -0.2) is 53.9 Å². The lowest BCUT2D eigenvalue weighted by molar-refractivity contribution is -0.137. The van der Waals surface area contributed by atoms with E-state index in [4.69, 9.17) is 14.0 Å². The molecule has 1 aliphatic rings. The van der Waals surface area contributed by atoms with Crippen molar-refractivity contribution in [3.8, 4) is 28.6 Å². The Morgan fingerprint density at radius 1 is 1.11 bits per heavy atom. The van der Waals surface area contributed by atoms with E-state index in [-0.39, 0.29) is 12.5 Å². The lowest BCUT2D eigenvalue weighted by Gasteiger charge is -2.26. The molecule has 7 nitrogen and oxygen atoms in total. The molecule has 1 aromatic heterocycles. The maximum absolute atomic E-state index is 12.2. The standard InChI is InChI=1S/C21H21N3O4/c1-15-5-7-16(8-6-15)20-22-21(28-23-20)17-3-2-4-18(13-17)27-14-19(25)24-9-11-26-12-10-24/h2-8,13H,9-12,14H2,1H3. The molecule has 7 heteroatoms. The van der Waals surface area contributed by atoms with E-state index in [1.165, 1.54) is 5.56 Å². The largest absolute Gasteiger partial charge is 0.484 e. The SMILES string of the molecule is Cc1ccc(-c2noc(-c3cccc(OCC(=O)N4CCOCC4)c3)n2)cc1. The summed E-state index contributed by atoms with van der Waals surface area (Å²) in [6.07, 6.45) is 0. The topological polar surface area (TPSA) is 77.7 Å². The number of benzene rings is 2. The first-order valence-electron chi connectivity index (χ1n) is 9.18. The second kappa shape index (κ2) is 8.22. The van der Waals surface area contributed by atoms with Gasteiger partial charge in [-0.1, -0.05) is 41.1 Å². The second-order valence-electron chi connectivity index (χ2n) is 6.60. The lowest BCUT2D eigenvalue weighted by Crippen LogP contribution is -2.42. The fraction of sp³-hybridized carbons (Fsp3) is 0.286. The summed E-state index contributed by atoms with van der Waals surface area (Å²) >= 11 is 0. The maximum atomic E-state index is 12.2. The van der Waals surface area contributed by atoms with Gasteiger partial charge in [-0.05, 0) is 25.1 Å². The average molecular weight is 379 g/mol. The first kappa shape index (κ1) is 18.2. The zero-order valence-corrected chi connectivity index (χ0v) is 15.6. The Morgan fingerprint density at radius 3 is 2.68 bits per heavy atom. The van der Waals surface area contributed by atoms with E-state index in [2.05, 4.69) is 10.1 Å². The molecule has 1 saturated heterocycles. The highest BCUT2D eigenvalue weighted by Crippen LogP contribution is 2.25. The van der Waals surface area contributed by atoms with Crippen LogP contribution in [0.25, 0.3) is 22.8 Å². The summed E-state index contributed by atoms with van der Waals surface area (Å²) in [5, 5.41) is 4.06. The lowest BCUT2D eigenvalue weighted by atomic mass is 10.1. The van der Waals surface area contributed by atoms with Crippen LogP contribution in [0.5, 0.6) is 5.75 Å². The first-order chi connectivity index (χ1) is 13.7. The van der Waals surface area contributed by atoms with Crippen LogP contribution in [0.4, 0.5) is 0 Å². The van der Waals surface area contributed by atoms with E-state index in [1.807, 2.05) is 43.3 Å². The number of rotatable bonds is 5. The molecule has 1 fully saturated rings. The zero-order valence-electron chi connectivity index (χ0n) is 15.6. The number of aryl methyl sites for hydroxylation is 1. The predicted molar refractivity (Wildman–Crippen MR) is 103 cm³/mol. The fourth-order valence-corrected chi connectivity index (χ4v) is 2.93. The molecule has 4 rings (SSSR count). The Balaban J connectivity index is 1.43. The second-order valence-corrected chi connectivity index (χ2v) is 6.60. The van der Waals surface area contributed by atoms with Crippen LogP contribution in [0.15, 0.2) is 53.1 Å². The molecule has 0 N–H and O–H groups in total. The van der Waals surface area contributed by atoms with Crippen molar-refractivity contribution in [1.29, 1.82) is 0 Å². The van der Waals surface area contributed by atoms with Gasteiger partial charge in [-0.15, -0.1) is 0 Å². The van der Waals surface area contributed by atoms with E-state index in [9.17, 15) is 4.79 Å². The van der Waals surface area contributed by atoms with Crippen LogP contribution >= 0.6 is 0 Å². The molecule has 2 aromatic carbocycles. The molecule has 0 spiro atoms. The minimum atomic E-state index is -0.0480. The summed E-state index contributed by atoms with van der Waals surface area (Å²) in [6, 6.07) is 15.2. The molecule has 0 aliphatic carbocycles. The maximum Gasteiger partial charge on any atom is 0.260 e. The van der Waals surface area contributed by atoms with E-state index >= 15 is 0 Å². The predicted octanol–water partition coefficient (Wildman–Crippen LogP) is 2.95. The van der Waals surface area contributed by atoms with Crippen molar-refractivity contribution in [3.05, 3.63) is 54.1 Å². The summed E-state index contributed by atoms with van der Waals surface area (Å²) in [6.45, 7) is 4.37. The summed E-state index contributed by atoms with van der Waals surface area (Å²) in [5.74, 6) is 1.46. The molecule has 0 radical (unpaired) electrons. The van der Waals surface area contributed by atoms with E-state index in [0.717, 1.165) is 11.1 Å². The van der Waals surface area contributed by atoms with Gasteiger partial charge in [-0.3, -0.25) is 4.79 Å².